The topological polar surface area (TPSA) is 55.7 Å². The second-order valence-electron chi connectivity index (χ2n) is 4.44. The molecule has 0 saturated carbocycles. The maximum absolute atomic E-state index is 11.4. The summed E-state index contributed by atoms with van der Waals surface area (Å²) in [5.74, 6) is -0.371. The van der Waals surface area contributed by atoms with Gasteiger partial charge in [-0.1, -0.05) is 0 Å². The van der Waals surface area contributed by atoms with Gasteiger partial charge in [-0.25, -0.2) is 0 Å². The average molecular weight is 255 g/mol. The van der Waals surface area contributed by atoms with Crippen LogP contribution in [-0.2, 0) is 20.7 Å². The van der Waals surface area contributed by atoms with Gasteiger partial charge in [0.05, 0.1) is 0 Å². The zero-order chi connectivity index (χ0) is 13.7. The predicted molar refractivity (Wildman–Crippen MR) is 72.5 cm³/mol. The first-order valence-corrected chi connectivity index (χ1v) is 6.10. The third-order valence-corrected chi connectivity index (χ3v) is 3.05. The number of hydrogen-bond donors (Lipinski definition) is 0. The number of nitrogens with zero attached hydrogens (tertiary/aromatic N) is 1. The molecule has 5 heteroatoms. The van der Waals surface area contributed by atoms with Gasteiger partial charge >= 0.3 is 111 Å². The van der Waals surface area contributed by atoms with E-state index in [9.17, 15) is 9.50 Å². The third kappa shape index (κ3) is 3.47. The van der Waals surface area contributed by atoms with Crippen LogP contribution in [0.4, 0.5) is 0 Å². The van der Waals surface area contributed by atoms with Crippen LogP contribution >= 0.6 is 0 Å². The number of hydrogen-bond acceptors (Lipinski definition) is 4. The molecule has 1 fully saturated rings. The molecule has 0 radical (unpaired) electrons. The predicted octanol–water partition coefficient (Wildman–Crippen LogP) is 1.55. The van der Waals surface area contributed by atoms with Crippen molar-refractivity contribution in [2.24, 2.45) is 4.99 Å². The molecule has 0 aromatic heterocycles. The Hall–Kier alpha value is -2.04. The minimum atomic E-state index is -0.371. The van der Waals surface area contributed by atoms with Crippen LogP contribution in [0.3, 0.4) is 0 Å². The molecule has 96 valence electrons. The molecule has 1 saturated heterocycles. The summed E-state index contributed by atoms with van der Waals surface area (Å²) in [5, 5.41) is 0. The molecule has 0 N–H and O–H groups in total. The summed E-state index contributed by atoms with van der Waals surface area (Å²) >= 11 is 0. The second kappa shape index (κ2) is 6.23. The molecule has 1 aromatic rings. The first-order chi connectivity index (χ1) is 9.20. The van der Waals surface area contributed by atoms with E-state index in [1.54, 1.807) is 0 Å². The van der Waals surface area contributed by atoms with E-state index in [0.29, 0.717) is 25.6 Å². The van der Waals surface area contributed by atoms with Crippen LogP contribution in [0.15, 0.2) is 47.5 Å². The van der Waals surface area contributed by atoms with E-state index >= 15 is 0 Å². The fourth-order valence-corrected chi connectivity index (χ4v) is 2.08. The van der Waals surface area contributed by atoms with Crippen molar-refractivity contribution >= 4 is 19.2 Å². The van der Waals surface area contributed by atoms with Gasteiger partial charge in [-0.3, -0.25) is 0 Å². The van der Waals surface area contributed by atoms with E-state index in [1.165, 1.54) is 6.11 Å². The molecule has 1 aromatic carbocycles. The Labute approximate surface area is 112 Å². The Balaban J connectivity index is 2.12. The molecule has 0 amide bonds. The fourth-order valence-electron chi connectivity index (χ4n) is 2.08. The molecule has 0 aliphatic carbocycles. The fraction of sp³-hybridized carbons (Fsp3) is 0.286. The SMILES string of the molecule is C=C1CC(C(Cc2ccccc2)N=CB=O)OC1=O. The summed E-state index contributed by atoms with van der Waals surface area (Å²) in [4.78, 5) is 15.5. The number of ether oxygens (including phenoxy) is 1. The molecule has 2 rings (SSSR count). The van der Waals surface area contributed by atoms with Crippen molar-refractivity contribution in [1.29, 1.82) is 0 Å². The van der Waals surface area contributed by atoms with Gasteiger partial charge in [0, 0.05) is 0 Å². The number of carbonyl (C=O) groups excluding carboxylic acids is 1. The molecule has 1 aliphatic heterocycles. The molecule has 19 heavy (non-hydrogen) atoms. The molecule has 0 bridgehead atoms. The van der Waals surface area contributed by atoms with Crippen LogP contribution in [0.1, 0.15) is 12.0 Å². The molecule has 0 spiro atoms. The average Bonchev–Trinajstić information content (AvgIpc) is 2.76. The van der Waals surface area contributed by atoms with E-state index in [4.69, 9.17) is 4.74 Å². The van der Waals surface area contributed by atoms with Gasteiger partial charge in [0.25, 0.3) is 0 Å². The number of rotatable bonds is 5. The van der Waals surface area contributed by atoms with Gasteiger partial charge in [0.1, 0.15) is 0 Å². The summed E-state index contributed by atoms with van der Waals surface area (Å²) < 4.78 is 15.7. The van der Waals surface area contributed by atoms with Crippen molar-refractivity contribution < 1.29 is 14.2 Å². The number of esters is 1. The summed E-state index contributed by atoms with van der Waals surface area (Å²) in [6, 6.07) is 9.52. The van der Waals surface area contributed by atoms with Gasteiger partial charge in [-0.05, 0) is 0 Å². The quantitative estimate of drug-likeness (QED) is 0.347. The number of aliphatic imine (C=N–C) groups is 1. The van der Waals surface area contributed by atoms with Crippen molar-refractivity contribution in [3.63, 3.8) is 0 Å². The molecule has 1 heterocycles. The van der Waals surface area contributed by atoms with E-state index in [2.05, 4.69) is 11.6 Å². The van der Waals surface area contributed by atoms with Crippen LogP contribution in [-0.4, -0.2) is 31.4 Å². The van der Waals surface area contributed by atoms with E-state index < -0.39 is 0 Å². The Bertz CT molecular complexity index is 497. The van der Waals surface area contributed by atoms with E-state index in [-0.39, 0.29) is 18.1 Å². The van der Waals surface area contributed by atoms with Gasteiger partial charge in [-0.15, -0.1) is 0 Å². The molecular weight excluding hydrogens is 241 g/mol. The summed E-state index contributed by atoms with van der Waals surface area (Å²) in [5.41, 5.74) is 1.55. The van der Waals surface area contributed by atoms with E-state index in [0.717, 1.165) is 5.56 Å². The first kappa shape index (κ1) is 13.4. The van der Waals surface area contributed by atoms with Gasteiger partial charge in [-0.2, -0.15) is 0 Å². The Morgan fingerprint density at radius 1 is 1.47 bits per heavy atom. The molecule has 2 atom stereocenters. The Morgan fingerprint density at radius 2 is 2.21 bits per heavy atom. The van der Waals surface area contributed by atoms with Crippen molar-refractivity contribution in [2.45, 2.75) is 25.0 Å². The van der Waals surface area contributed by atoms with Crippen LogP contribution in [0, 0.1) is 0 Å². The van der Waals surface area contributed by atoms with E-state index in [1.807, 2.05) is 30.3 Å². The minimum absolute atomic E-state index is 0.254. The van der Waals surface area contributed by atoms with Crippen molar-refractivity contribution in [2.75, 3.05) is 0 Å². The molecular formula is C14H14BNO3. The number of cyclic esters (lactones) is 1. The Morgan fingerprint density at radius 3 is 2.79 bits per heavy atom. The summed E-state index contributed by atoms with van der Waals surface area (Å²) in [6.45, 7) is 3.66. The number of carbonyl (C=O) groups is 1. The zero-order valence-corrected chi connectivity index (χ0v) is 10.5. The molecule has 4 nitrogen and oxygen atoms in total. The van der Waals surface area contributed by atoms with Gasteiger partial charge in [0.15, 0.2) is 0 Å². The zero-order valence-electron chi connectivity index (χ0n) is 10.5. The van der Waals surface area contributed by atoms with Crippen LogP contribution in [0.5, 0.6) is 0 Å². The normalized spacial score (nSPS) is 20.3. The van der Waals surface area contributed by atoms with Crippen molar-refractivity contribution in [3.05, 3.63) is 48.0 Å². The summed E-state index contributed by atoms with van der Waals surface area (Å²) in [6.07, 6.45) is 1.96. The van der Waals surface area contributed by atoms with Crippen LogP contribution in [0.25, 0.3) is 0 Å². The van der Waals surface area contributed by atoms with Crippen molar-refractivity contribution in [3.8, 4) is 0 Å². The Kier molecular flexibility index (Phi) is 4.39. The third-order valence-electron chi connectivity index (χ3n) is 3.05. The standard InChI is InChI=1S/C14H14BNO3/c1-10-7-13(19-14(10)17)12(16-9-15-18)8-11-5-3-2-4-6-11/h2-6,9,12-13H,1,7-8H2. The molecule has 1 aliphatic rings. The van der Waals surface area contributed by atoms with Gasteiger partial charge in [0.2, 0.25) is 0 Å². The van der Waals surface area contributed by atoms with Crippen LogP contribution < -0.4 is 0 Å². The monoisotopic (exact) mass is 255 g/mol. The second-order valence-corrected chi connectivity index (χ2v) is 4.44. The molecule has 2 unspecified atom stereocenters. The van der Waals surface area contributed by atoms with Crippen molar-refractivity contribution in [1.82, 2.24) is 0 Å². The van der Waals surface area contributed by atoms with Crippen LogP contribution in [0.2, 0.25) is 0 Å². The number of benzene rings is 1. The maximum atomic E-state index is 11.4. The summed E-state index contributed by atoms with van der Waals surface area (Å²) in [7, 11) is 0.629. The van der Waals surface area contributed by atoms with Gasteiger partial charge < -0.3 is 0 Å². The first-order valence-electron chi connectivity index (χ1n) is 6.10.